The summed E-state index contributed by atoms with van der Waals surface area (Å²) in [5.74, 6) is -4.00. The molecule has 2 aromatic heterocycles. The Morgan fingerprint density at radius 1 is 1.24 bits per heavy atom. The SMILES string of the molecule is CCOC(=O)C(NC(=O)c1ccco1)(Nc1ncccn1)C(F)(F)F. The highest BCUT2D eigenvalue weighted by atomic mass is 19.4. The maximum atomic E-state index is 13.8. The van der Waals surface area contributed by atoms with Crippen LogP contribution in [0.15, 0.2) is 41.3 Å². The smallest absolute Gasteiger partial charge is 0.442 e. The van der Waals surface area contributed by atoms with Crippen molar-refractivity contribution in [1.29, 1.82) is 0 Å². The van der Waals surface area contributed by atoms with Crippen LogP contribution in [0.1, 0.15) is 17.5 Å². The molecule has 1 unspecified atom stereocenters. The van der Waals surface area contributed by atoms with Crippen molar-refractivity contribution in [3.8, 4) is 0 Å². The molecule has 0 saturated carbocycles. The van der Waals surface area contributed by atoms with Gasteiger partial charge in [-0.05, 0) is 25.1 Å². The van der Waals surface area contributed by atoms with Crippen molar-refractivity contribution in [3.05, 3.63) is 42.6 Å². The van der Waals surface area contributed by atoms with Gasteiger partial charge in [-0.1, -0.05) is 0 Å². The molecule has 1 amide bonds. The van der Waals surface area contributed by atoms with Crippen molar-refractivity contribution in [1.82, 2.24) is 15.3 Å². The number of amides is 1. The van der Waals surface area contributed by atoms with Crippen molar-refractivity contribution in [2.75, 3.05) is 11.9 Å². The Bertz CT molecular complexity index is 721. The third kappa shape index (κ3) is 3.87. The van der Waals surface area contributed by atoms with Crippen LogP contribution in [0.2, 0.25) is 0 Å². The molecule has 0 bridgehead atoms. The largest absolute Gasteiger partial charge is 0.463 e. The van der Waals surface area contributed by atoms with E-state index in [9.17, 15) is 22.8 Å². The van der Waals surface area contributed by atoms with Crippen molar-refractivity contribution in [2.24, 2.45) is 0 Å². The third-order valence-electron chi connectivity index (χ3n) is 2.92. The minimum atomic E-state index is -5.28. The average molecular weight is 358 g/mol. The monoisotopic (exact) mass is 358 g/mol. The molecule has 1 atom stereocenters. The lowest BCUT2D eigenvalue weighted by atomic mass is 10.1. The van der Waals surface area contributed by atoms with Crippen LogP contribution in [-0.2, 0) is 9.53 Å². The molecule has 0 aromatic carbocycles. The maximum Gasteiger partial charge on any atom is 0.442 e. The molecule has 0 aliphatic carbocycles. The lowest BCUT2D eigenvalue weighted by molar-refractivity contribution is -0.204. The van der Waals surface area contributed by atoms with E-state index in [1.54, 1.807) is 5.32 Å². The van der Waals surface area contributed by atoms with Crippen LogP contribution < -0.4 is 10.6 Å². The first-order valence-electron chi connectivity index (χ1n) is 6.95. The zero-order chi connectivity index (χ0) is 18.5. The van der Waals surface area contributed by atoms with Gasteiger partial charge in [-0.3, -0.25) is 4.79 Å². The quantitative estimate of drug-likeness (QED) is 0.598. The molecule has 11 heteroatoms. The van der Waals surface area contributed by atoms with Gasteiger partial charge < -0.3 is 19.8 Å². The second-order valence-corrected chi connectivity index (χ2v) is 4.60. The molecule has 25 heavy (non-hydrogen) atoms. The molecule has 2 N–H and O–H groups in total. The minimum Gasteiger partial charge on any atom is -0.463 e. The number of rotatable bonds is 6. The molecule has 2 heterocycles. The fraction of sp³-hybridized carbons (Fsp3) is 0.286. The summed E-state index contributed by atoms with van der Waals surface area (Å²) in [4.78, 5) is 31.4. The Morgan fingerprint density at radius 2 is 1.92 bits per heavy atom. The number of halogens is 3. The summed E-state index contributed by atoms with van der Waals surface area (Å²) in [5, 5.41) is 3.40. The Kier molecular flexibility index (Phi) is 5.25. The summed E-state index contributed by atoms with van der Waals surface area (Å²) in [7, 11) is 0. The lowest BCUT2D eigenvalue weighted by Crippen LogP contribution is -2.69. The number of alkyl halides is 3. The molecule has 0 spiro atoms. The topological polar surface area (TPSA) is 106 Å². The third-order valence-corrected chi connectivity index (χ3v) is 2.92. The Labute approximate surface area is 139 Å². The molecule has 0 saturated heterocycles. The predicted octanol–water partition coefficient (Wildman–Crippen LogP) is 1.73. The molecule has 0 fully saturated rings. The number of nitrogens with one attached hydrogen (secondary N) is 2. The average Bonchev–Trinajstić information content (AvgIpc) is 3.09. The van der Waals surface area contributed by atoms with E-state index in [1.165, 1.54) is 19.1 Å². The predicted molar refractivity (Wildman–Crippen MR) is 77.2 cm³/mol. The van der Waals surface area contributed by atoms with Crippen molar-refractivity contribution < 1.29 is 31.9 Å². The van der Waals surface area contributed by atoms with Gasteiger partial charge in [0, 0.05) is 12.4 Å². The first kappa shape index (κ1) is 18.2. The first-order chi connectivity index (χ1) is 11.8. The second-order valence-electron chi connectivity index (χ2n) is 4.60. The number of furan rings is 1. The van der Waals surface area contributed by atoms with Crippen LogP contribution in [0.4, 0.5) is 19.1 Å². The van der Waals surface area contributed by atoms with Gasteiger partial charge in [0.15, 0.2) is 5.76 Å². The lowest BCUT2D eigenvalue weighted by Gasteiger charge is -2.34. The van der Waals surface area contributed by atoms with E-state index >= 15 is 0 Å². The van der Waals surface area contributed by atoms with E-state index < -0.39 is 35.4 Å². The number of nitrogens with zero attached hydrogens (tertiary/aromatic N) is 2. The molecule has 2 aromatic rings. The Morgan fingerprint density at radius 3 is 2.44 bits per heavy atom. The van der Waals surface area contributed by atoms with Gasteiger partial charge in [0.05, 0.1) is 12.9 Å². The molecule has 2 rings (SSSR count). The summed E-state index contributed by atoms with van der Waals surface area (Å²) in [6.07, 6.45) is -1.85. The fourth-order valence-electron chi connectivity index (χ4n) is 1.80. The molecule has 8 nitrogen and oxygen atoms in total. The normalized spacial score (nSPS) is 13.6. The number of esters is 1. The Balaban J connectivity index is 2.46. The highest BCUT2D eigenvalue weighted by Crippen LogP contribution is 2.32. The van der Waals surface area contributed by atoms with Gasteiger partial charge in [0.2, 0.25) is 5.95 Å². The Hall–Kier alpha value is -3.11. The van der Waals surface area contributed by atoms with Crippen LogP contribution in [0.5, 0.6) is 0 Å². The molecule has 0 aliphatic rings. The zero-order valence-electron chi connectivity index (χ0n) is 12.8. The summed E-state index contributed by atoms with van der Waals surface area (Å²) in [6, 6.07) is 3.81. The fourth-order valence-corrected chi connectivity index (χ4v) is 1.80. The van der Waals surface area contributed by atoms with Crippen molar-refractivity contribution in [2.45, 2.75) is 18.8 Å². The zero-order valence-corrected chi connectivity index (χ0v) is 12.8. The summed E-state index contributed by atoms with van der Waals surface area (Å²) in [5.41, 5.74) is -3.60. The van der Waals surface area contributed by atoms with E-state index in [2.05, 4.69) is 14.7 Å². The van der Waals surface area contributed by atoms with Crippen LogP contribution in [-0.4, -0.2) is 40.3 Å². The number of hydrogen-bond donors (Lipinski definition) is 2. The summed E-state index contributed by atoms with van der Waals surface area (Å²) < 4.78 is 50.6. The molecule has 0 radical (unpaired) electrons. The number of ether oxygens (including phenoxy) is 1. The first-order valence-corrected chi connectivity index (χ1v) is 6.95. The van der Waals surface area contributed by atoms with Gasteiger partial charge in [-0.2, -0.15) is 13.2 Å². The van der Waals surface area contributed by atoms with Gasteiger partial charge in [-0.25, -0.2) is 14.8 Å². The summed E-state index contributed by atoms with van der Waals surface area (Å²) in [6.45, 7) is 0.983. The second kappa shape index (κ2) is 7.20. The van der Waals surface area contributed by atoms with Gasteiger partial charge in [0.25, 0.3) is 5.91 Å². The molecule has 134 valence electrons. The van der Waals surface area contributed by atoms with Crippen LogP contribution in [0.25, 0.3) is 0 Å². The highest BCUT2D eigenvalue weighted by molar-refractivity contribution is 5.97. The van der Waals surface area contributed by atoms with Crippen LogP contribution in [0, 0.1) is 0 Å². The minimum absolute atomic E-state index is 0.343. The maximum absolute atomic E-state index is 13.8. The molecular formula is C14H13F3N4O4. The van der Waals surface area contributed by atoms with Gasteiger partial charge in [0.1, 0.15) is 0 Å². The van der Waals surface area contributed by atoms with E-state index in [1.807, 2.05) is 5.32 Å². The van der Waals surface area contributed by atoms with E-state index in [4.69, 9.17) is 4.42 Å². The van der Waals surface area contributed by atoms with Crippen LogP contribution in [0.3, 0.4) is 0 Å². The molecule has 0 aliphatic heterocycles. The van der Waals surface area contributed by atoms with Crippen LogP contribution >= 0.6 is 0 Å². The van der Waals surface area contributed by atoms with Crippen molar-refractivity contribution >= 4 is 17.8 Å². The standard InChI is InChI=1S/C14H13F3N4O4/c1-2-24-11(23)13(14(15,16)17,21-12-18-6-4-7-19-12)20-10(22)9-5-3-8-25-9/h3-8H,2H2,1H3,(H,20,22)(H,18,19,21). The number of anilines is 1. The number of carbonyl (C=O) groups is 2. The number of aromatic nitrogens is 2. The summed E-state index contributed by atoms with van der Waals surface area (Å²) >= 11 is 0. The van der Waals surface area contributed by atoms with Gasteiger partial charge in [-0.15, -0.1) is 0 Å². The van der Waals surface area contributed by atoms with Crippen molar-refractivity contribution in [3.63, 3.8) is 0 Å². The van der Waals surface area contributed by atoms with E-state index in [0.717, 1.165) is 24.7 Å². The highest BCUT2D eigenvalue weighted by Gasteiger charge is 2.64. The molecular weight excluding hydrogens is 345 g/mol. The van der Waals surface area contributed by atoms with Gasteiger partial charge >= 0.3 is 17.8 Å². The number of hydrogen-bond acceptors (Lipinski definition) is 7. The van der Waals surface area contributed by atoms with E-state index in [0.29, 0.717) is 0 Å². The van der Waals surface area contributed by atoms with E-state index in [-0.39, 0.29) is 6.61 Å². The number of carbonyl (C=O) groups excluding carboxylic acids is 2.